The third-order valence-corrected chi connectivity index (χ3v) is 3.64. The summed E-state index contributed by atoms with van der Waals surface area (Å²) in [6, 6.07) is 11.3. The van der Waals surface area contributed by atoms with Crippen molar-refractivity contribution in [3.8, 4) is 5.75 Å². The molecule has 8 heteroatoms. The second kappa shape index (κ2) is 13.0. The Morgan fingerprint density at radius 1 is 1.11 bits per heavy atom. The number of benzene rings is 1. The Bertz CT molecular complexity index is 705. The number of hydrogen-bond donors (Lipinski definition) is 3. The van der Waals surface area contributed by atoms with E-state index in [0.29, 0.717) is 25.4 Å². The van der Waals surface area contributed by atoms with Gasteiger partial charge in [0, 0.05) is 26.2 Å². The van der Waals surface area contributed by atoms with Gasteiger partial charge in [0.15, 0.2) is 11.7 Å². The van der Waals surface area contributed by atoms with E-state index in [2.05, 4.69) is 20.9 Å². The minimum Gasteiger partial charge on any atom is -0.496 e. The lowest BCUT2D eigenvalue weighted by Crippen LogP contribution is -2.41. The molecule has 7 nitrogen and oxygen atoms in total. The third-order valence-electron chi connectivity index (χ3n) is 3.64. The van der Waals surface area contributed by atoms with Gasteiger partial charge in [0.2, 0.25) is 0 Å². The summed E-state index contributed by atoms with van der Waals surface area (Å²) in [5, 5.41) is 9.17. The number of carbonyl (C=O) groups is 1. The van der Waals surface area contributed by atoms with Crippen molar-refractivity contribution in [2.45, 2.75) is 13.3 Å². The third kappa shape index (κ3) is 7.90. The summed E-state index contributed by atoms with van der Waals surface area (Å²) in [6.07, 6.45) is 2.26. The monoisotopic (exact) mass is 486 g/mol. The van der Waals surface area contributed by atoms with Gasteiger partial charge in [-0.15, -0.1) is 24.0 Å². The number of nitrogens with zero attached hydrogens (tertiary/aromatic N) is 1. The molecule has 0 aliphatic rings. The molecule has 0 atom stereocenters. The molecule has 0 aliphatic carbocycles. The highest BCUT2D eigenvalue weighted by molar-refractivity contribution is 14.0. The fourth-order valence-corrected chi connectivity index (χ4v) is 2.39. The molecule has 0 spiro atoms. The van der Waals surface area contributed by atoms with Gasteiger partial charge in [-0.2, -0.15) is 0 Å². The number of nitrogens with one attached hydrogen (secondary N) is 3. The lowest BCUT2D eigenvalue weighted by molar-refractivity contribution is 0.0926. The molecule has 0 fully saturated rings. The van der Waals surface area contributed by atoms with E-state index in [4.69, 9.17) is 9.15 Å². The van der Waals surface area contributed by atoms with Crippen LogP contribution in [0.5, 0.6) is 5.75 Å². The summed E-state index contributed by atoms with van der Waals surface area (Å²) in [5.41, 5.74) is 1.13. The van der Waals surface area contributed by atoms with Crippen molar-refractivity contribution in [1.82, 2.24) is 16.0 Å². The van der Waals surface area contributed by atoms with Crippen LogP contribution in [0.2, 0.25) is 0 Å². The van der Waals surface area contributed by atoms with Crippen molar-refractivity contribution in [1.29, 1.82) is 0 Å². The van der Waals surface area contributed by atoms with Gasteiger partial charge < -0.3 is 25.1 Å². The van der Waals surface area contributed by atoms with Crippen molar-refractivity contribution in [3.05, 3.63) is 54.0 Å². The topological polar surface area (TPSA) is 87.9 Å². The lowest BCUT2D eigenvalue weighted by Gasteiger charge is -2.12. The van der Waals surface area contributed by atoms with E-state index in [1.54, 1.807) is 19.2 Å². The number of furan rings is 1. The second-order valence-electron chi connectivity index (χ2n) is 5.48. The average Bonchev–Trinajstić information content (AvgIpc) is 3.20. The number of amides is 1. The van der Waals surface area contributed by atoms with Gasteiger partial charge in [-0.1, -0.05) is 18.2 Å². The molecule has 1 heterocycles. The predicted octanol–water partition coefficient (Wildman–Crippen LogP) is 2.43. The van der Waals surface area contributed by atoms with E-state index < -0.39 is 0 Å². The minimum absolute atomic E-state index is 0. The van der Waals surface area contributed by atoms with Crippen LogP contribution in [0.15, 0.2) is 52.1 Å². The normalized spacial score (nSPS) is 10.7. The first-order chi connectivity index (χ1) is 12.7. The summed E-state index contributed by atoms with van der Waals surface area (Å²) in [5.74, 6) is 1.67. The molecule has 2 aromatic rings. The molecule has 0 radical (unpaired) electrons. The molecular formula is C19H27IN4O3. The first kappa shape index (κ1) is 22.8. The van der Waals surface area contributed by atoms with Crippen LogP contribution in [0.1, 0.15) is 23.0 Å². The zero-order valence-electron chi connectivity index (χ0n) is 15.7. The average molecular weight is 486 g/mol. The fourth-order valence-electron chi connectivity index (χ4n) is 2.39. The van der Waals surface area contributed by atoms with Gasteiger partial charge in [-0.3, -0.25) is 9.79 Å². The first-order valence-electron chi connectivity index (χ1n) is 8.70. The van der Waals surface area contributed by atoms with E-state index in [0.717, 1.165) is 30.2 Å². The molecule has 1 aromatic carbocycles. The van der Waals surface area contributed by atoms with Gasteiger partial charge in [0.1, 0.15) is 5.75 Å². The molecule has 2 rings (SSSR count). The number of methoxy groups -OCH3 is 1. The maximum absolute atomic E-state index is 11.8. The van der Waals surface area contributed by atoms with Crippen molar-refractivity contribution < 1.29 is 13.9 Å². The van der Waals surface area contributed by atoms with E-state index >= 15 is 0 Å². The summed E-state index contributed by atoms with van der Waals surface area (Å²) >= 11 is 0. The van der Waals surface area contributed by atoms with Crippen molar-refractivity contribution in [3.63, 3.8) is 0 Å². The lowest BCUT2D eigenvalue weighted by atomic mass is 10.1. The molecular weight excluding hydrogens is 459 g/mol. The first-order valence-corrected chi connectivity index (χ1v) is 8.70. The van der Waals surface area contributed by atoms with Gasteiger partial charge in [0.05, 0.1) is 13.4 Å². The Morgan fingerprint density at radius 2 is 1.89 bits per heavy atom. The highest BCUT2D eigenvalue weighted by Crippen LogP contribution is 2.17. The number of guanidine groups is 1. The van der Waals surface area contributed by atoms with Crippen LogP contribution in [0.3, 0.4) is 0 Å². The minimum atomic E-state index is -0.227. The fraction of sp³-hybridized carbons (Fsp3) is 0.368. The van der Waals surface area contributed by atoms with E-state index in [-0.39, 0.29) is 29.9 Å². The van der Waals surface area contributed by atoms with Crippen LogP contribution >= 0.6 is 24.0 Å². The Kier molecular flexibility index (Phi) is 11.0. The largest absolute Gasteiger partial charge is 0.496 e. The Hall–Kier alpha value is -2.23. The van der Waals surface area contributed by atoms with Crippen molar-refractivity contribution in [2.75, 3.05) is 33.3 Å². The van der Waals surface area contributed by atoms with E-state index in [1.807, 2.05) is 31.2 Å². The smallest absolute Gasteiger partial charge is 0.287 e. The number of hydrogen-bond acceptors (Lipinski definition) is 4. The van der Waals surface area contributed by atoms with Gasteiger partial charge >= 0.3 is 0 Å². The van der Waals surface area contributed by atoms with Crippen LogP contribution in [-0.2, 0) is 6.42 Å². The number of carbonyl (C=O) groups excluding carboxylic acids is 1. The van der Waals surface area contributed by atoms with Crippen molar-refractivity contribution >= 4 is 35.8 Å². The Balaban J connectivity index is 0.00000364. The summed E-state index contributed by atoms with van der Waals surface area (Å²) < 4.78 is 10.4. The van der Waals surface area contributed by atoms with Gasteiger partial charge in [-0.05, 0) is 37.1 Å². The van der Waals surface area contributed by atoms with Crippen LogP contribution < -0.4 is 20.7 Å². The molecule has 0 saturated heterocycles. The molecule has 0 bridgehead atoms. The molecule has 3 N–H and O–H groups in total. The zero-order chi connectivity index (χ0) is 18.6. The number of aliphatic imine (C=N–C) groups is 1. The van der Waals surface area contributed by atoms with Crippen molar-refractivity contribution in [2.24, 2.45) is 4.99 Å². The number of para-hydroxylation sites is 1. The molecule has 1 aromatic heterocycles. The highest BCUT2D eigenvalue weighted by Gasteiger charge is 2.07. The van der Waals surface area contributed by atoms with E-state index in [1.165, 1.54) is 6.26 Å². The van der Waals surface area contributed by atoms with Crippen LogP contribution in [-0.4, -0.2) is 45.2 Å². The van der Waals surface area contributed by atoms with E-state index in [9.17, 15) is 4.79 Å². The summed E-state index contributed by atoms with van der Waals surface area (Å²) in [6.45, 7) is 4.44. The SMILES string of the molecule is CCNC(=NCCc1ccccc1OC)NCCNC(=O)c1ccco1.I. The maximum Gasteiger partial charge on any atom is 0.287 e. The quantitative estimate of drug-likeness (QED) is 0.219. The van der Waals surface area contributed by atoms with Crippen LogP contribution in [0.25, 0.3) is 0 Å². The van der Waals surface area contributed by atoms with Gasteiger partial charge in [0.25, 0.3) is 5.91 Å². The summed E-state index contributed by atoms with van der Waals surface area (Å²) in [4.78, 5) is 16.3. The number of halogens is 1. The second-order valence-corrected chi connectivity index (χ2v) is 5.48. The number of ether oxygens (including phenoxy) is 1. The summed E-state index contributed by atoms with van der Waals surface area (Å²) in [7, 11) is 1.67. The Labute approximate surface area is 177 Å². The maximum atomic E-state index is 11.8. The zero-order valence-corrected chi connectivity index (χ0v) is 18.0. The van der Waals surface area contributed by atoms with Crippen LogP contribution in [0, 0.1) is 0 Å². The number of rotatable bonds is 9. The van der Waals surface area contributed by atoms with Crippen LogP contribution in [0.4, 0.5) is 0 Å². The predicted molar refractivity (Wildman–Crippen MR) is 117 cm³/mol. The molecule has 27 heavy (non-hydrogen) atoms. The standard InChI is InChI=1S/C19H26N4O3.HI/c1-3-20-19(22-11-10-15-7-4-5-8-16(15)25-2)23-13-12-21-18(24)17-9-6-14-26-17;/h4-9,14H,3,10-13H2,1-2H3,(H,21,24)(H2,20,22,23);1H. The van der Waals surface area contributed by atoms with Gasteiger partial charge in [-0.25, -0.2) is 0 Å². The molecule has 1 amide bonds. The molecule has 0 aliphatic heterocycles. The molecule has 148 valence electrons. The highest BCUT2D eigenvalue weighted by atomic mass is 127. The molecule has 0 unspecified atom stereocenters. The molecule has 0 saturated carbocycles. The Morgan fingerprint density at radius 3 is 2.59 bits per heavy atom.